The maximum atomic E-state index is 14.7. The standard InChI is InChI=1S/C14H14F3N3O/c1-7-9-10(15)11(16)14(20-3-5-21-6-4-20)12(17)13(9)19-8(2)18-7/h3-6H2,1-2H3. The normalized spacial score (nSPS) is 15.8. The smallest absolute Gasteiger partial charge is 0.185 e. The summed E-state index contributed by atoms with van der Waals surface area (Å²) < 4.78 is 48.4. The lowest BCUT2D eigenvalue weighted by atomic mass is 10.1. The summed E-state index contributed by atoms with van der Waals surface area (Å²) in [5.41, 5.74) is -0.331. The molecule has 7 heteroatoms. The average Bonchev–Trinajstić information content (AvgIpc) is 2.45. The molecule has 1 fully saturated rings. The molecule has 0 amide bonds. The molecule has 1 aromatic carbocycles. The van der Waals surface area contributed by atoms with Crippen molar-refractivity contribution in [3.63, 3.8) is 0 Å². The lowest BCUT2D eigenvalue weighted by Crippen LogP contribution is -2.37. The van der Waals surface area contributed by atoms with Crippen LogP contribution in [0.1, 0.15) is 11.5 Å². The molecule has 0 spiro atoms. The Labute approximate surface area is 119 Å². The van der Waals surface area contributed by atoms with Gasteiger partial charge in [-0.15, -0.1) is 0 Å². The maximum Gasteiger partial charge on any atom is 0.185 e. The lowest BCUT2D eigenvalue weighted by Gasteiger charge is -2.29. The Morgan fingerprint density at radius 1 is 0.952 bits per heavy atom. The summed E-state index contributed by atoms with van der Waals surface area (Å²) in [6.45, 7) is 4.40. The van der Waals surface area contributed by atoms with Crippen LogP contribution in [-0.4, -0.2) is 36.3 Å². The van der Waals surface area contributed by atoms with Crippen LogP contribution >= 0.6 is 0 Å². The Morgan fingerprint density at radius 3 is 2.29 bits per heavy atom. The number of aromatic nitrogens is 2. The Morgan fingerprint density at radius 2 is 1.62 bits per heavy atom. The van der Waals surface area contributed by atoms with Crippen LogP contribution in [0.15, 0.2) is 0 Å². The predicted molar refractivity (Wildman–Crippen MR) is 71.9 cm³/mol. The largest absolute Gasteiger partial charge is 0.378 e. The SMILES string of the molecule is Cc1nc(C)c2c(F)c(F)c(N3CCOCC3)c(F)c2n1. The fourth-order valence-corrected chi connectivity index (χ4v) is 2.62. The van der Waals surface area contributed by atoms with Crippen molar-refractivity contribution in [2.45, 2.75) is 13.8 Å². The molecule has 0 unspecified atom stereocenters. The van der Waals surface area contributed by atoms with Gasteiger partial charge in [-0.05, 0) is 13.8 Å². The van der Waals surface area contributed by atoms with Crippen LogP contribution in [-0.2, 0) is 4.74 Å². The van der Waals surface area contributed by atoms with Crippen molar-refractivity contribution in [1.82, 2.24) is 9.97 Å². The van der Waals surface area contributed by atoms with Gasteiger partial charge in [0.2, 0.25) is 0 Å². The van der Waals surface area contributed by atoms with E-state index in [9.17, 15) is 13.2 Å². The van der Waals surface area contributed by atoms with Crippen molar-refractivity contribution in [3.05, 3.63) is 29.0 Å². The van der Waals surface area contributed by atoms with Gasteiger partial charge in [-0.3, -0.25) is 0 Å². The average molecular weight is 297 g/mol. The minimum atomic E-state index is -1.20. The third kappa shape index (κ3) is 2.21. The number of rotatable bonds is 1. The van der Waals surface area contributed by atoms with Crippen LogP contribution in [0.2, 0.25) is 0 Å². The molecule has 0 atom stereocenters. The molecule has 2 heterocycles. The number of benzene rings is 1. The topological polar surface area (TPSA) is 38.2 Å². The minimum absolute atomic E-state index is 0.180. The summed E-state index contributed by atoms with van der Waals surface area (Å²) in [5.74, 6) is -2.83. The van der Waals surface area contributed by atoms with Crippen LogP contribution in [0, 0.1) is 31.3 Å². The van der Waals surface area contributed by atoms with Gasteiger partial charge in [0, 0.05) is 13.1 Å². The summed E-state index contributed by atoms with van der Waals surface area (Å²) in [4.78, 5) is 9.36. The van der Waals surface area contributed by atoms with E-state index in [0.717, 1.165) is 0 Å². The second-order valence-corrected chi connectivity index (χ2v) is 4.97. The Bertz CT molecular complexity index is 715. The second-order valence-electron chi connectivity index (χ2n) is 4.97. The number of nitrogens with zero attached hydrogens (tertiary/aromatic N) is 3. The van der Waals surface area contributed by atoms with E-state index in [2.05, 4.69) is 9.97 Å². The Hall–Kier alpha value is -1.89. The summed E-state index contributed by atoms with van der Waals surface area (Å²) >= 11 is 0. The van der Waals surface area contributed by atoms with E-state index < -0.39 is 17.5 Å². The molecule has 21 heavy (non-hydrogen) atoms. The van der Waals surface area contributed by atoms with Gasteiger partial charge in [-0.1, -0.05) is 0 Å². The van der Waals surface area contributed by atoms with Crippen molar-refractivity contribution >= 4 is 16.6 Å². The number of fused-ring (bicyclic) bond motifs is 1. The molecule has 0 N–H and O–H groups in total. The fourth-order valence-electron chi connectivity index (χ4n) is 2.62. The zero-order valence-corrected chi connectivity index (χ0v) is 11.7. The van der Waals surface area contributed by atoms with Gasteiger partial charge >= 0.3 is 0 Å². The minimum Gasteiger partial charge on any atom is -0.378 e. The van der Waals surface area contributed by atoms with Crippen LogP contribution < -0.4 is 4.90 Å². The van der Waals surface area contributed by atoms with Crippen LogP contribution in [0.3, 0.4) is 0 Å². The van der Waals surface area contributed by atoms with Gasteiger partial charge in [0.1, 0.15) is 17.0 Å². The highest BCUT2D eigenvalue weighted by Crippen LogP contribution is 2.34. The number of halogens is 3. The lowest BCUT2D eigenvalue weighted by molar-refractivity contribution is 0.122. The number of anilines is 1. The summed E-state index contributed by atoms with van der Waals surface area (Å²) in [6.07, 6.45) is 0. The highest BCUT2D eigenvalue weighted by Gasteiger charge is 2.27. The van der Waals surface area contributed by atoms with Gasteiger partial charge in [0.15, 0.2) is 17.5 Å². The highest BCUT2D eigenvalue weighted by molar-refractivity contribution is 5.86. The fraction of sp³-hybridized carbons (Fsp3) is 0.429. The van der Waals surface area contributed by atoms with Crippen molar-refractivity contribution < 1.29 is 17.9 Å². The monoisotopic (exact) mass is 297 g/mol. The van der Waals surface area contributed by atoms with E-state index in [1.54, 1.807) is 6.92 Å². The molecular weight excluding hydrogens is 283 g/mol. The van der Waals surface area contributed by atoms with Crippen LogP contribution in [0.25, 0.3) is 10.9 Å². The third-order valence-corrected chi connectivity index (χ3v) is 3.56. The van der Waals surface area contributed by atoms with E-state index in [-0.39, 0.29) is 22.3 Å². The van der Waals surface area contributed by atoms with E-state index in [0.29, 0.717) is 32.1 Å². The van der Waals surface area contributed by atoms with Gasteiger partial charge < -0.3 is 9.64 Å². The van der Waals surface area contributed by atoms with Crippen molar-refractivity contribution in [1.29, 1.82) is 0 Å². The van der Waals surface area contributed by atoms with E-state index in [1.165, 1.54) is 11.8 Å². The third-order valence-electron chi connectivity index (χ3n) is 3.56. The highest BCUT2D eigenvalue weighted by atomic mass is 19.2. The molecule has 1 aromatic heterocycles. The first kappa shape index (κ1) is 14.1. The molecule has 2 aromatic rings. The first-order chi connectivity index (χ1) is 10.0. The number of hydrogen-bond donors (Lipinski definition) is 0. The first-order valence-corrected chi connectivity index (χ1v) is 6.64. The molecule has 3 rings (SSSR count). The first-order valence-electron chi connectivity index (χ1n) is 6.64. The summed E-state index contributed by atoms with van der Waals surface area (Å²) in [5, 5.41) is -0.201. The summed E-state index contributed by atoms with van der Waals surface area (Å²) in [6, 6.07) is 0. The number of hydrogen-bond acceptors (Lipinski definition) is 4. The van der Waals surface area contributed by atoms with Crippen molar-refractivity contribution in [3.8, 4) is 0 Å². The maximum absolute atomic E-state index is 14.7. The van der Waals surface area contributed by atoms with Gasteiger partial charge in [0.05, 0.1) is 24.3 Å². The number of morpholine rings is 1. The predicted octanol–water partition coefficient (Wildman–Crippen LogP) is 2.50. The molecule has 0 bridgehead atoms. The zero-order valence-electron chi connectivity index (χ0n) is 11.7. The number of aryl methyl sites for hydroxylation is 2. The van der Waals surface area contributed by atoms with Crippen molar-refractivity contribution in [2.75, 3.05) is 31.2 Å². The molecule has 1 aliphatic rings. The second kappa shape index (κ2) is 5.14. The van der Waals surface area contributed by atoms with Crippen molar-refractivity contribution in [2.24, 2.45) is 0 Å². The quantitative estimate of drug-likeness (QED) is 0.758. The van der Waals surface area contributed by atoms with E-state index in [4.69, 9.17) is 4.74 Å². The summed E-state index contributed by atoms with van der Waals surface area (Å²) in [7, 11) is 0. The molecule has 4 nitrogen and oxygen atoms in total. The number of ether oxygens (including phenoxy) is 1. The molecule has 0 saturated carbocycles. The zero-order chi connectivity index (χ0) is 15.1. The van der Waals surface area contributed by atoms with E-state index in [1.807, 2.05) is 0 Å². The van der Waals surface area contributed by atoms with Gasteiger partial charge in [-0.2, -0.15) is 0 Å². The molecule has 112 valence electrons. The van der Waals surface area contributed by atoms with E-state index >= 15 is 0 Å². The molecule has 0 radical (unpaired) electrons. The van der Waals surface area contributed by atoms with Crippen LogP contribution in [0.5, 0.6) is 0 Å². The Kier molecular flexibility index (Phi) is 3.44. The molecular formula is C14H14F3N3O. The molecule has 1 saturated heterocycles. The molecule has 1 aliphatic heterocycles. The van der Waals surface area contributed by atoms with Crippen LogP contribution in [0.4, 0.5) is 18.9 Å². The molecule has 0 aliphatic carbocycles. The Balaban J connectivity index is 2.30. The van der Waals surface area contributed by atoms with Gasteiger partial charge in [0.25, 0.3) is 0 Å². The van der Waals surface area contributed by atoms with Gasteiger partial charge in [-0.25, -0.2) is 23.1 Å².